The van der Waals surface area contributed by atoms with Crippen molar-refractivity contribution in [1.82, 2.24) is 9.62 Å². The van der Waals surface area contributed by atoms with Crippen molar-refractivity contribution in [2.45, 2.75) is 25.2 Å². The van der Waals surface area contributed by atoms with Gasteiger partial charge in [0.05, 0.1) is 11.2 Å². The highest BCUT2D eigenvalue weighted by Gasteiger charge is 2.17. The molecule has 0 atom stereocenters. The van der Waals surface area contributed by atoms with Crippen molar-refractivity contribution in [3.8, 4) is 0 Å². The summed E-state index contributed by atoms with van der Waals surface area (Å²) in [5.41, 5.74) is 0.713. The number of rotatable bonds is 10. The fourth-order valence-electron chi connectivity index (χ4n) is 2.80. The second-order valence-electron chi connectivity index (χ2n) is 6.96. The molecule has 2 rings (SSSR count). The number of aryl methyl sites for hydroxylation is 1. The van der Waals surface area contributed by atoms with Gasteiger partial charge in [0.1, 0.15) is 5.82 Å². The Bertz CT molecular complexity index is 1150. The number of sulfonamides is 2. The lowest BCUT2D eigenvalue weighted by Crippen LogP contribution is -2.33. The molecule has 1 amide bonds. The maximum absolute atomic E-state index is 13.7. The van der Waals surface area contributed by atoms with Crippen LogP contribution in [0.1, 0.15) is 29.3 Å². The molecule has 0 heterocycles. The van der Waals surface area contributed by atoms with Crippen LogP contribution >= 0.6 is 0 Å². The van der Waals surface area contributed by atoms with Gasteiger partial charge in [0.25, 0.3) is 15.9 Å². The molecule has 8 nitrogen and oxygen atoms in total. The van der Waals surface area contributed by atoms with Crippen LogP contribution in [-0.2, 0) is 20.0 Å². The Morgan fingerprint density at radius 3 is 2.42 bits per heavy atom. The van der Waals surface area contributed by atoms with Crippen molar-refractivity contribution in [2.75, 3.05) is 30.6 Å². The molecule has 0 aliphatic rings. The zero-order valence-corrected chi connectivity index (χ0v) is 19.2. The highest BCUT2D eigenvalue weighted by Crippen LogP contribution is 2.19. The molecule has 0 spiro atoms. The van der Waals surface area contributed by atoms with E-state index >= 15 is 0 Å². The summed E-state index contributed by atoms with van der Waals surface area (Å²) in [6.07, 6.45) is 1.56. The predicted octanol–water partition coefficient (Wildman–Crippen LogP) is 2.34. The van der Waals surface area contributed by atoms with Crippen LogP contribution in [0.25, 0.3) is 0 Å². The van der Waals surface area contributed by atoms with E-state index in [0.717, 1.165) is 12.3 Å². The molecule has 0 unspecified atom stereocenters. The molecule has 170 valence electrons. The minimum Gasteiger partial charge on any atom is -0.352 e. The fraction of sp³-hybridized carbons (Fsp3) is 0.350. The minimum atomic E-state index is -4.03. The quantitative estimate of drug-likeness (QED) is 0.517. The third-order valence-electron chi connectivity index (χ3n) is 4.52. The first-order valence-electron chi connectivity index (χ1n) is 9.56. The van der Waals surface area contributed by atoms with E-state index in [-0.39, 0.29) is 29.2 Å². The molecule has 0 aliphatic carbocycles. The fourth-order valence-corrected chi connectivity index (χ4v) is 4.79. The van der Waals surface area contributed by atoms with Crippen LogP contribution in [0.3, 0.4) is 0 Å². The Morgan fingerprint density at radius 1 is 1.10 bits per heavy atom. The summed E-state index contributed by atoms with van der Waals surface area (Å²) in [5.74, 6) is -1.06. The summed E-state index contributed by atoms with van der Waals surface area (Å²) in [6.45, 7) is 4.14. The molecule has 2 N–H and O–H groups in total. The number of carbonyl (C=O) groups excluding carboxylic acids is 1. The first kappa shape index (κ1) is 24.8. The highest BCUT2D eigenvalue weighted by atomic mass is 32.2. The van der Waals surface area contributed by atoms with Crippen molar-refractivity contribution in [2.24, 2.45) is 0 Å². The number of nitrogens with one attached hydrogen (secondary N) is 2. The van der Waals surface area contributed by atoms with Gasteiger partial charge in [-0.2, -0.15) is 0 Å². The van der Waals surface area contributed by atoms with Crippen molar-refractivity contribution >= 4 is 31.6 Å². The normalized spacial score (nSPS) is 12.0. The number of hydrogen-bond acceptors (Lipinski definition) is 5. The third-order valence-corrected chi connectivity index (χ3v) is 7.28. The lowest BCUT2D eigenvalue weighted by molar-refractivity contribution is 0.0953. The van der Waals surface area contributed by atoms with Gasteiger partial charge in [0, 0.05) is 30.9 Å². The van der Waals surface area contributed by atoms with Crippen molar-refractivity contribution < 1.29 is 26.0 Å². The third kappa shape index (κ3) is 7.01. The number of amides is 1. The van der Waals surface area contributed by atoms with E-state index in [0.29, 0.717) is 18.5 Å². The number of halogens is 1. The SMILES string of the molecule is CCN(CCCNC(=O)c1cccc(NS(=O)(=O)c2ccc(C)c(F)c2)c1)S(C)(=O)=O. The average molecular weight is 472 g/mol. The number of nitrogens with zero attached hydrogens (tertiary/aromatic N) is 1. The first-order chi connectivity index (χ1) is 14.4. The average Bonchev–Trinajstić information content (AvgIpc) is 2.68. The van der Waals surface area contributed by atoms with Gasteiger partial charge in [-0.15, -0.1) is 0 Å². The minimum absolute atomic E-state index is 0.155. The molecule has 0 aliphatic heterocycles. The molecular weight excluding hydrogens is 445 g/mol. The second kappa shape index (κ2) is 10.2. The van der Waals surface area contributed by atoms with Gasteiger partial charge in [-0.25, -0.2) is 25.5 Å². The molecule has 0 fully saturated rings. The highest BCUT2D eigenvalue weighted by molar-refractivity contribution is 7.92. The zero-order chi connectivity index (χ0) is 23.2. The number of carbonyl (C=O) groups is 1. The van der Waals surface area contributed by atoms with Crippen LogP contribution in [0.5, 0.6) is 0 Å². The smallest absolute Gasteiger partial charge is 0.261 e. The monoisotopic (exact) mass is 471 g/mol. The van der Waals surface area contributed by atoms with Gasteiger partial charge < -0.3 is 5.32 Å². The predicted molar refractivity (Wildman–Crippen MR) is 117 cm³/mol. The van der Waals surface area contributed by atoms with Crippen LogP contribution in [-0.4, -0.2) is 52.9 Å². The Balaban J connectivity index is 2.01. The molecule has 0 saturated heterocycles. The Labute approximate surface area is 182 Å². The molecule has 0 aromatic heterocycles. The molecule has 0 saturated carbocycles. The van der Waals surface area contributed by atoms with Gasteiger partial charge in [-0.3, -0.25) is 9.52 Å². The zero-order valence-electron chi connectivity index (χ0n) is 17.6. The molecule has 2 aromatic rings. The maximum atomic E-state index is 13.7. The molecule has 11 heteroatoms. The van der Waals surface area contributed by atoms with E-state index in [1.807, 2.05) is 0 Å². The topological polar surface area (TPSA) is 113 Å². The van der Waals surface area contributed by atoms with Crippen molar-refractivity contribution in [3.63, 3.8) is 0 Å². The van der Waals surface area contributed by atoms with Gasteiger partial charge >= 0.3 is 0 Å². The molecule has 31 heavy (non-hydrogen) atoms. The van der Waals surface area contributed by atoms with Gasteiger partial charge in [0.15, 0.2) is 0 Å². The number of anilines is 1. The maximum Gasteiger partial charge on any atom is 0.261 e. The summed E-state index contributed by atoms with van der Waals surface area (Å²) in [4.78, 5) is 12.1. The van der Waals surface area contributed by atoms with E-state index in [4.69, 9.17) is 0 Å². The van der Waals surface area contributed by atoms with E-state index < -0.39 is 31.8 Å². The molecule has 0 radical (unpaired) electrons. The Morgan fingerprint density at radius 2 is 1.81 bits per heavy atom. The van der Waals surface area contributed by atoms with Crippen LogP contribution in [0.15, 0.2) is 47.4 Å². The summed E-state index contributed by atoms with van der Waals surface area (Å²) in [5, 5.41) is 2.68. The summed E-state index contributed by atoms with van der Waals surface area (Å²) in [6, 6.07) is 9.49. The summed E-state index contributed by atoms with van der Waals surface area (Å²) in [7, 11) is -7.31. The lowest BCUT2D eigenvalue weighted by atomic mass is 10.2. The van der Waals surface area contributed by atoms with E-state index in [2.05, 4.69) is 10.0 Å². The van der Waals surface area contributed by atoms with Crippen LogP contribution in [0.2, 0.25) is 0 Å². The molecule has 2 aromatic carbocycles. The molecular formula is C20H26FN3O5S2. The van der Waals surface area contributed by atoms with Crippen molar-refractivity contribution in [1.29, 1.82) is 0 Å². The Kier molecular flexibility index (Phi) is 8.15. The van der Waals surface area contributed by atoms with Crippen LogP contribution in [0.4, 0.5) is 10.1 Å². The van der Waals surface area contributed by atoms with Gasteiger partial charge in [-0.1, -0.05) is 19.1 Å². The summed E-state index contributed by atoms with van der Waals surface area (Å²) < 4.78 is 65.5. The largest absolute Gasteiger partial charge is 0.352 e. The Hall–Kier alpha value is -2.50. The first-order valence-corrected chi connectivity index (χ1v) is 12.9. The number of hydrogen-bond donors (Lipinski definition) is 2. The van der Waals surface area contributed by atoms with E-state index in [1.165, 1.54) is 47.6 Å². The van der Waals surface area contributed by atoms with Crippen LogP contribution in [0, 0.1) is 12.7 Å². The van der Waals surface area contributed by atoms with Gasteiger partial charge in [-0.05, 0) is 49.2 Å². The van der Waals surface area contributed by atoms with Crippen molar-refractivity contribution in [3.05, 3.63) is 59.4 Å². The van der Waals surface area contributed by atoms with Gasteiger partial charge in [0.2, 0.25) is 10.0 Å². The van der Waals surface area contributed by atoms with E-state index in [1.54, 1.807) is 6.92 Å². The standard InChI is InChI=1S/C20H26FN3O5S2/c1-4-24(30(3,26)27)12-6-11-22-20(25)16-7-5-8-17(13-16)23-31(28,29)18-10-9-15(2)19(21)14-18/h5,7-10,13-14,23H,4,6,11-12H2,1-3H3,(H,22,25). The second-order valence-corrected chi connectivity index (χ2v) is 10.6. The van der Waals surface area contributed by atoms with E-state index in [9.17, 15) is 26.0 Å². The lowest BCUT2D eigenvalue weighted by Gasteiger charge is -2.17. The number of benzene rings is 2. The summed E-state index contributed by atoms with van der Waals surface area (Å²) >= 11 is 0. The molecule has 0 bridgehead atoms. The van der Waals surface area contributed by atoms with Crippen LogP contribution < -0.4 is 10.0 Å².